The van der Waals surface area contributed by atoms with Crippen molar-refractivity contribution in [2.24, 2.45) is 4.99 Å². The Morgan fingerprint density at radius 1 is 1.00 bits per heavy atom. The second-order valence-corrected chi connectivity index (χ2v) is 11.6. The van der Waals surface area contributed by atoms with Crippen molar-refractivity contribution >= 4 is 28.1 Å². The summed E-state index contributed by atoms with van der Waals surface area (Å²) >= 11 is 0. The van der Waals surface area contributed by atoms with E-state index in [-0.39, 0.29) is 42.2 Å². The summed E-state index contributed by atoms with van der Waals surface area (Å²) in [6.45, 7) is 1.95. The van der Waals surface area contributed by atoms with Gasteiger partial charge in [-0.05, 0) is 66.8 Å². The number of aryl methyl sites for hydroxylation is 1. The van der Waals surface area contributed by atoms with Gasteiger partial charge in [-0.1, -0.05) is 36.4 Å². The van der Waals surface area contributed by atoms with Gasteiger partial charge in [0.25, 0.3) is 5.91 Å². The van der Waals surface area contributed by atoms with Crippen LogP contribution in [0.15, 0.2) is 76.6 Å². The molecule has 0 radical (unpaired) electrons. The molecule has 2 aliphatic rings. The van der Waals surface area contributed by atoms with Gasteiger partial charge in [-0.25, -0.2) is 8.42 Å². The predicted octanol–water partition coefficient (Wildman–Crippen LogP) is 4.47. The van der Waals surface area contributed by atoms with E-state index in [0.29, 0.717) is 5.56 Å². The Labute approximate surface area is 228 Å². The highest BCUT2D eigenvalue weighted by Crippen LogP contribution is 2.34. The van der Waals surface area contributed by atoms with E-state index in [1.54, 1.807) is 24.3 Å². The Morgan fingerprint density at radius 3 is 2.33 bits per heavy atom. The normalized spacial score (nSPS) is 17.4. The van der Waals surface area contributed by atoms with Crippen molar-refractivity contribution in [2.45, 2.75) is 36.6 Å². The lowest BCUT2D eigenvalue weighted by Gasteiger charge is -2.34. The molecule has 8 nitrogen and oxygen atoms in total. The summed E-state index contributed by atoms with van der Waals surface area (Å²) in [4.78, 5) is 28.5. The van der Waals surface area contributed by atoms with Crippen LogP contribution in [0.5, 0.6) is 5.75 Å². The number of nitrogens with one attached hydrogen (secondary N) is 1. The Hall–Kier alpha value is -4.03. The number of benzene rings is 3. The molecule has 0 atom stereocenters. The molecule has 1 saturated heterocycles. The summed E-state index contributed by atoms with van der Waals surface area (Å²) in [6.07, 6.45) is -3.87. The molecular weight excluding hydrogens is 547 g/mol. The van der Waals surface area contributed by atoms with E-state index in [2.05, 4.69) is 15.0 Å². The number of aldehydes is 1. The Morgan fingerprint density at radius 2 is 1.70 bits per heavy atom. The minimum atomic E-state index is -4.86. The Balaban J connectivity index is 1.30. The van der Waals surface area contributed by atoms with Crippen LogP contribution < -0.4 is 10.1 Å². The molecule has 40 heavy (non-hydrogen) atoms. The van der Waals surface area contributed by atoms with Crippen LogP contribution in [0, 0.1) is 6.92 Å². The van der Waals surface area contributed by atoms with E-state index in [0.717, 1.165) is 35.1 Å². The van der Waals surface area contributed by atoms with Gasteiger partial charge in [0.15, 0.2) is 0 Å². The number of hydrogen-bond donors (Lipinski definition) is 1. The number of carbonyl (C=O) groups excluding carboxylic acids is 2. The van der Waals surface area contributed by atoms with Gasteiger partial charge in [0.05, 0.1) is 4.90 Å². The van der Waals surface area contributed by atoms with Crippen molar-refractivity contribution < 1.29 is 35.9 Å². The molecule has 3 aromatic rings. The largest absolute Gasteiger partial charge is 0.573 e. The van der Waals surface area contributed by atoms with Gasteiger partial charge in [0.1, 0.15) is 23.4 Å². The summed E-state index contributed by atoms with van der Waals surface area (Å²) in [5, 5.41) is 2.63. The molecule has 1 spiro atoms. The quantitative estimate of drug-likeness (QED) is 0.440. The van der Waals surface area contributed by atoms with Crippen molar-refractivity contribution in [3.05, 3.63) is 83.4 Å². The number of amidine groups is 1. The van der Waals surface area contributed by atoms with E-state index < -0.39 is 33.6 Å². The monoisotopic (exact) mass is 571 g/mol. The van der Waals surface area contributed by atoms with Gasteiger partial charge in [-0.15, -0.1) is 13.2 Å². The van der Waals surface area contributed by atoms with E-state index in [4.69, 9.17) is 0 Å². The molecule has 12 heteroatoms. The fourth-order valence-corrected chi connectivity index (χ4v) is 6.41. The lowest BCUT2D eigenvalue weighted by molar-refractivity contribution is -0.274. The third kappa shape index (κ3) is 5.36. The molecule has 1 amide bonds. The Kier molecular flexibility index (Phi) is 7.01. The third-order valence-corrected chi connectivity index (χ3v) is 8.97. The summed E-state index contributed by atoms with van der Waals surface area (Å²) in [7, 11) is -3.85. The predicted molar refractivity (Wildman–Crippen MR) is 141 cm³/mol. The number of piperidine rings is 1. The SMILES string of the molecule is Cc1cc(C=O)ccc1-c1ccc(S(=O)(=O)N2CCC3(CC2)N=C(c2cccc(OC(F)(F)F)c2)NC3=O)cc1. The second-order valence-electron chi connectivity index (χ2n) is 9.64. The molecule has 5 rings (SSSR count). The number of amides is 1. The first kappa shape index (κ1) is 27.5. The maximum absolute atomic E-state index is 13.4. The fraction of sp³-hybridized carbons (Fsp3) is 0.250. The molecule has 1 N–H and O–H groups in total. The molecule has 1 fully saturated rings. The van der Waals surface area contributed by atoms with Crippen molar-refractivity contribution in [1.82, 2.24) is 9.62 Å². The molecule has 3 aromatic carbocycles. The number of hydrogen-bond acceptors (Lipinski definition) is 6. The van der Waals surface area contributed by atoms with Crippen molar-refractivity contribution in [2.75, 3.05) is 13.1 Å². The number of nitrogens with zero attached hydrogens (tertiary/aromatic N) is 2. The average molecular weight is 572 g/mol. The number of rotatable bonds is 6. The smallest absolute Gasteiger partial charge is 0.406 e. The highest BCUT2D eigenvalue weighted by atomic mass is 32.2. The molecule has 0 aliphatic carbocycles. The molecule has 0 unspecified atom stereocenters. The van der Waals surface area contributed by atoms with Crippen LogP contribution in [0.4, 0.5) is 13.2 Å². The molecule has 0 aromatic heterocycles. The number of carbonyl (C=O) groups is 2. The minimum absolute atomic E-state index is 0.0395. The maximum atomic E-state index is 13.4. The van der Waals surface area contributed by atoms with Crippen LogP contribution in [-0.4, -0.2) is 55.7 Å². The summed E-state index contributed by atoms with van der Waals surface area (Å²) < 4.78 is 69.8. The number of ether oxygens (including phenoxy) is 1. The van der Waals surface area contributed by atoms with E-state index in [1.165, 1.54) is 28.6 Å². The van der Waals surface area contributed by atoms with Crippen LogP contribution in [0.25, 0.3) is 11.1 Å². The summed E-state index contributed by atoms with van der Waals surface area (Å²) in [5.41, 5.74) is 2.16. The van der Waals surface area contributed by atoms with Crippen LogP contribution in [0.3, 0.4) is 0 Å². The van der Waals surface area contributed by atoms with E-state index in [9.17, 15) is 31.2 Å². The second kappa shape index (κ2) is 10.2. The fourth-order valence-electron chi connectivity index (χ4n) is 4.97. The van der Waals surface area contributed by atoms with E-state index in [1.807, 2.05) is 13.0 Å². The number of halogens is 3. The lowest BCUT2D eigenvalue weighted by Crippen LogP contribution is -2.50. The van der Waals surface area contributed by atoms with Gasteiger partial charge in [0.2, 0.25) is 10.0 Å². The maximum Gasteiger partial charge on any atom is 0.573 e. The zero-order valence-electron chi connectivity index (χ0n) is 21.2. The van der Waals surface area contributed by atoms with Gasteiger partial charge in [-0.3, -0.25) is 14.6 Å². The highest BCUT2D eigenvalue weighted by Gasteiger charge is 2.47. The lowest BCUT2D eigenvalue weighted by atomic mass is 9.89. The third-order valence-electron chi connectivity index (χ3n) is 7.06. The molecule has 208 valence electrons. The first-order valence-electron chi connectivity index (χ1n) is 12.3. The number of alkyl halides is 3. The summed E-state index contributed by atoms with van der Waals surface area (Å²) in [5.74, 6) is -0.758. The van der Waals surface area contributed by atoms with Crippen molar-refractivity contribution in [3.63, 3.8) is 0 Å². The zero-order chi connectivity index (χ0) is 28.7. The zero-order valence-corrected chi connectivity index (χ0v) is 22.1. The first-order chi connectivity index (χ1) is 18.9. The number of aliphatic imine (C=N–C) groups is 1. The standard InChI is InChI=1S/C28H24F3N3O5S/c1-18-15-19(17-35)5-10-24(18)20-6-8-23(9-7-20)40(37,38)34-13-11-27(12-14-34)26(36)32-25(33-27)21-3-2-4-22(16-21)39-28(29,30)31/h2-10,15-17H,11-14H2,1H3,(H,32,33,36). The van der Waals surface area contributed by atoms with Gasteiger partial charge in [-0.2, -0.15) is 4.31 Å². The van der Waals surface area contributed by atoms with Crippen molar-refractivity contribution in [3.8, 4) is 16.9 Å². The molecule has 0 saturated carbocycles. The average Bonchev–Trinajstić information content (AvgIpc) is 3.23. The molecular formula is C28H24F3N3O5S. The molecule has 0 bridgehead atoms. The van der Waals surface area contributed by atoms with E-state index >= 15 is 0 Å². The summed E-state index contributed by atoms with van der Waals surface area (Å²) in [6, 6.07) is 16.9. The molecule has 2 heterocycles. The topological polar surface area (TPSA) is 105 Å². The van der Waals surface area contributed by atoms with Crippen molar-refractivity contribution in [1.29, 1.82) is 0 Å². The van der Waals surface area contributed by atoms with Crippen LogP contribution in [0.1, 0.15) is 34.3 Å². The van der Waals surface area contributed by atoms with Crippen LogP contribution in [0.2, 0.25) is 0 Å². The van der Waals surface area contributed by atoms with Gasteiger partial charge >= 0.3 is 6.36 Å². The first-order valence-corrected chi connectivity index (χ1v) is 13.8. The van der Waals surface area contributed by atoms with Crippen LogP contribution in [-0.2, 0) is 14.8 Å². The van der Waals surface area contributed by atoms with Gasteiger partial charge < -0.3 is 10.1 Å². The molecule has 2 aliphatic heterocycles. The highest BCUT2D eigenvalue weighted by molar-refractivity contribution is 7.89. The Bertz CT molecular complexity index is 1610. The minimum Gasteiger partial charge on any atom is -0.406 e. The van der Waals surface area contributed by atoms with Crippen LogP contribution >= 0.6 is 0 Å². The van der Waals surface area contributed by atoms with Gasteiger partial charge in [0, 0.05) is 24.2 Å². The number of sulfonamides is 1.